The Hall–Kier alpha value is -3.68. The van der Waals surface area contributed by atoms with Crippen molar-refractivity contribution in [2.45, 2.75) is 95.2 Å². The van der Waals surface area contributed by atoms with Crippen LogP contribution < -0.4 is 0 Å². The third-order valence-corrected chi connectivity index (χ3v) is 5.63. The van der Waals surface area contributed by atoms with Gasteiger partial charge in [-0.15, -0.1) is 0 Å². The highest BCUT2D eigenvalue weighted by Crippen LogP contribution is 2.13. The Morgan fingerprint density at radius 1 is 0.610 bits per heavy atom. The number of carbonyl (C=O) groups is 4. The second-order valence-electron chi connectivity index (χ2n) is 9.81. The maximum atomic E-state index is 11.6. The molecule has 0 bridgehead atoms. The van der Waals surface area contributed by atoms with Gasteiger partial charge in [0.05, 0.1) is 17.8 Å². The molecule has 0 saturated heterocycles. The fourth-order valence-electron chi connectivity index (χ4n) is 2.93. The van der Waals surface area contributed by atoms with Crippen LogP contribution in [0, 0.1) is 17.8 Å². The first-order valence-corrected chi connectivity index (χ1v) is 14.2. The fourth-order valence-corrected chi connectivity index (χ4v) is 2.93. The molecule has 0 aliphatic heterocycles. The summed E-state index contributed by atoms with van der Waals surface area (Å²) < 4.78 is 20.5. The first-order valence-electron chi connectivity index (χ1n) is 14.2. The molecule has 1 atom stereocenters. The second-order valence-corrected chi connectivity index (χ2v) is 9.81. The summed E-state index contributed by atoms with van der Waals surface area (Å²) in [5.41, 5.74) is 3.49. The normalized spacial score (nSPS) is 10.8. The van der Waals surface area contributed by atoms with E-state index < -0.39 is 0 Å². The number of hydrogen-bond donors (Lipinski definition) is 0. The Balaban J connectivity index is 0.000000743. The molecule has 8 heteroatoms. The lowest BCUT2D eigenvalue weighted by molar-refractivity contribution is -0.149. The van der Waals surface area contributed by atoms with E-state index in [2.05, 4.69) is 0 Å². The molecule has 0 aromatic heterocycles. The predicted octanol–water partition coefficient (Wildman–Crippen LogP) is 6.95. The van der Waals surface area contributed by atoms with Crippen LogP contribution in [-0.2, 0) is 64.6 Å². The van der Waals surface area contributed by atoms with Gasteiger partial charge in [0.2, 0.25) is 0 Å². The summed E-state index contributed by atoms with van der Waals surface area (Å²) in [6.07, 6.45) is 0.768. The highest BCUT2D eigenvalue weighted by atomic mass is 16.5. The highest BCUT2D eigenvalue weighted by Gasteiger charge is 2.13. The molecule has 0 aliphatic carbocycles. The number of benzene rings is 2. The van der Waals surface area contributed by atoms with Gasteiger partial charge < -0.3 is 18.9 Å². The van der Waals surface area contributed by atoms with E-state index in [-0.39, 0.29) is 68.1 Å². The molecule has 0 amide bonds. The number of esters is 4. The van der Waals surface area contributed by atoms with Crippen LogP contribution in [0.25, 0.3) is 0 Å². The van der Waals surface area contributed by atoms with Crippen LogP contribution in [0.1, 0.15) is 91.0 Å². The summed E-state index contributed by atoms with van der Waals surface area (Å²) in [5, 5.41) is 0. The molecule has 8 nitrogen and oxygen atoms in total. The van der Waals surface area contributed by atoms with Crippen molar-refractivity contribution in [1.82, 2.24) is 0 Å². The van der Waals surface area contributed by atoms with E-state index in [1.807, 2.05) is 76.2 Å². The van der Waals surface area contributed by atoms with Crippen LogP contribution in [0.3, 0.4) is 0 Å². The van der Waals surface area contributed by atoms with E-state index in [0.717, 1.165) is 28.7 Å². The standard InChI is InChI=1S/C17H24O4.C14H18O4.C2H6/c1-5-13(4)17(19)21-11-15-8-6-7-14(9-15)10-20-16(18)12(2)3;1-10(2)14(16)18-9-13-7-5-4-6-12(13)8-17-11(3)15;1-2/h6-9,12-13H,5,10-11H2,1-4H3;4-7,10H,8-9H2,1-3H3;1-2H3. The highest BCUT2D eigenvalue weighted by molar-refractivity contribution is 5.72. The van der Waals surface area contributed by atoms with Gasteiger partial charge in [0.15, 0.2) is 0 Å². The SMILES string of the molecule is CC.CC(=O)OCc1ccccc1COC(=O)C(C)C.CCC(C)C(=O)OCc1cccc(COC(=O)C(C)C)c1. The average Bonchev–Trinajstić information content (AvgIpc) is 2.97. The van der Waals surface area contributed by atoms with Gasteiger partial charge >= 0.3 is 23.9 Å². The molecule has 0 N–H and O–H groups in total. The first-order chi connectivity index (χ1) is 19.4. The molecular weight excluding hydrogens is 524 g/mol. The molecule has 41 heavy (non-hydrogen) atoms. The first kappa shape index (κ1) is 37.3. The third kappa shape index (κ3) is 16.2. The summed E-state index contributed by atoms with van der Waals surface area (Å²) in [7, 11) is 0. The zero-order valence-corrected chi connectivity index (χ0v) is 26.2. The Morgan fingerprint density at radius 2 is 1.02 bits per heavy atom. The van der Waals surface area contributed by atoms with Gasteiger partial charge in [-0.1, -0.05) is 97.9 Å². The molecule has 228 valence electrons. The summed E-state index contributed by atoms with van der Waals surface area (Å²) >= 11 is 0. The molecule has 2 aromatic carbocycles. The maximum absolute atomic E-state index is 11.6. The summed E-state index contributed by atoms with van der Waals surface area (Å²) in [6, 6.07) is 14.9. The van der Waals surface area contributed by atoms with Gasteiger partial charge in [-0.3, -0.25) is 19.2 Å². The van der Waals surface area contributed by atoms with E-state index in [1.165, 1.54) is 6.92 Å². The van der Waals surface area contributed by atoms with Crippen LogP contribution >= 0.6 is 0 Å². The summed E-state index contributed by atoms with van der Waals surface area (Å²) in [5.74, 6) is -1.34. The number of hydrogen-bond acceptors (Lipinski definition) is 8. The number of rotatable bonds is 12. The van der Waals surface area contributed by atoms with E-state index >= 15 is 0 Å². The van der Waals surface area contributed by atoms with Gasteiger partial charge in [0, 0.05) is 6.92 Å². The van der Waals surface area contributed by atoms with Crippen molar-refractivity contribution in [2.75, 3.05) is 0 Å². The smallest absolute Gasteiger partial charge is 0.308 e. The lowest BCUT2D eigenvalue weighted by Crippen LogP contribution is -2.14. The van der Waals surface area contributed by atoms with Crippen LogP contribution in [0.15, 0.2) is 48.5 Å². The minimum Gasteiger partial charge on any atom is -0.461 e. The van der Waals surface area contributed by atoms with Crippen molar-refractivity contribution in [3.8, 4) is 0 Å². The lowest BCUT2D eigenvalue weighted by atomic mass is 10.1. The van der Waals surface area contributed by atoms with Crippen LogP contribution in [0.2, 0.25) is 0 Å². The molecule has 1 unspecified atom stereocenters. The molecule has 0 saturated carbocycles. The molecule has 0 aliphatic rings. The number of carbonyl (C=O) groups excluding carboxylic acids is 4. The van der Waals surface area contributed by atoms with Gasteiger partial charge in [0.25, 0.3) is 0 Å². The lowest BCUT2D eigenvalue weighted by Gasteiger charge is -2.11. The van der Waals surface area contributed by atoms with E-state index in [9.17, 15) is 19.2 Å². The number of ether oxygens (including phenoxy) is 4. The molecular formula is C33H48O8. The Labute approximate surface area is 245 Å². The Kier molecular flexibility index (Phi) is 19.2. The minimum atomic E-state index is -0.330. The van der Waals surface area contributed by atoms with Crippen molar-refractivity contribution in [1.29, 1.82) is 0 Å². The zero-order valence-electron chi connectivity index (χ0n) is 26.2. The second kappa shape index (κ2) is 21.1. The van der Waals surface area contributed by atoms with Crippen LogP contribution in [0.5, 0.6) is 0 Å². The molecule has 0 spiro atoms. The van der Waals surface area contributed by atoms with E-state index in [4.69, 9.17) is 18.9 Å². The molecule has 0 fully saturated rings. The van der Waals surface area contributed by atoms with Crippen molar-refractivity contribution in [2.24, 2.45) is 17.8 Å². The van der Waals surface area contributed by atoms with Crippen LogP contribution in [-0.4, -0.2) is 23.9 Å². The minimum absolute atomic E-state index is 0.0832. The Bertz CT molecular complexity index is 1070. The van der Waals surface area contributed by atoms with Gasteiger partial charge in [-0.25, -0.2) is 0 Å². The van der Waals surface area contributed by atoms with Crippen molar-refractivity contribution < 1.29 is 38.1 Å². The molecule has 0 heterocycles. The summed E-state index contributed by atoms with van der Waals surface area (Å²) in [4.78, 5) is 45.2. The topological polar surface area (TPSA) is 105 Å². The third-order valence-electron chi connectivity index (χ3n) is 5.63. The average molecular weight is 573 g/mol. The van der Waals surface area contributed by atoms with Crippen LogP contribution in [0.4, 0.5) is 0 Å². The van der Waals surface area contributed by atoms with Gasteiger partial charge in [-0.05, 0) is 34.7 Å². The van der Waals surface area contributed by atoms with E-state index in [0.29, 0.717) is 0 Å². The monoisotopic (exact) mass is 572 g/mol. The van der Waals surface area contributed by atoms with Gasteiger partial charge in [0.1, 0.15) is 26.4 Å². The van der Waals surface area contributed by atoms with Gasteiger partial charge in [-0.2, -0.15) is 0 Å². The van der Waals surface area contributed by atoms with E-state index in [1.54, 1.807) is 27.7 Å². The van der Waals surface area contributed by atoms with Crippen molar-refractivity contribution in [3.63, 3.8) is 0 Å². The fraction of sp³-hybridized carbons (Fsp3) is 0.515. The predicted molar refractivity (Wildman–Crippen MR) is 158 cm³/mol. The largest absolute Gasteiger partial charge is 0.461 e. The molecule has 2 rings (SSSR count). The Morgan fingerprint density at radius 3 is 1.44 bits per heavy atom. The zero-order chi connectivity index (χ0) is 31.4. The quantitative estimate of drug-likeness (QED) is 0.199. The van der Waals surface area contributed by atoms with Crippen molar-refractivity contribution >= 4 is 23.9 Å². The molecule has 2 aromatic rings. The summed E-state index contributed by atoms with van der Waals surface area (Å²) in [6.45, 7) is 17.2. The van der Waals surface area contributed by atoms with Crippen molar-refractivity contribution in [3.05, 3.63) is 70.8 Å². The maximum Gasteiger partial charge on any atom is 0.308 e. The molecule has 0 radical (unpaired) electrons.